The Morgan fingerprint density at radius 2 is 2.10 bits per heavy atom. The van der Waals surface area contributed by atoms with Gasteiger partial charge in [-0.05, 0) is 48.6 Å². The van der Waals surface area contributed by atoms with E-state index in [0.29, 0.717) is 35.5 Å². The third kappa shape index (κ3) is 5.10. The van der Waals surface area contributed by atoms with Crippen LogP contribution in [0.1, 0.15) is 38.6 Å². The first-order valence-electron chi connectivity index (χ1n) is 11.1. The van der Waals surface area contributed by atoms with Crippen molar-refractivity contribution in [3.8, 4) is 11.6 Å². The van der Waals surface area contributed by atoms with Crippen LogP contribution < -0.4 is 5.32 Å². The molecule has 3 aromatic heterocycles. The molecule has 1 N–H and O–H groups in total. The minimum Gasteiger partial charge on any atom is -0.419 e. The van der Waals surface area contributed by atoms with E-state index in [0.717, 1.165) is 31.6 Å². The summed E-state index contributed by atoms with van der Waals surface area (Å²) < 4.78 is 7.86. The van der Waals surface area contributed by atoms with Gasteiger partial charge in [-0.25, -0.2) is 4.98 Å². The van der Waals surface area contributed by atoms with Crippen LogP contribution in [0.25, 0.3) is 11.6 Å². The molecule has 0 saturated heterocycles. The monoisotopic (exact) mass is 420 g/mol. The van der Waals surface area contributed by atoms with Crippen LogP contribution in [0.3, 0.4) is 0 Å². The van der Waals surface area contributed by atoms with Crippen molar-refractivity contribution in [1.29, 1.82) is 0 Å². The van der Waals surface area contributed by atoms with Gasteiger partial charge in [0.15, 0.2) is 0 Å². The van der Waals surface area contributed by atoms with Crippen LogP contribution in [0.4, 0.5) is 0 Å². The Bertz CT molecular complexity index is 1010. The lowest BCUT2D eigenvalue weighted by Crippen LogP contribution is -2.34. The lowest BCUT2D eigenvalue weighted by atomic mass is 9.70. The third-order valence-corrected chi connectivity index (χ3v) is 6.44. The van der Waals surface area contributed by atoms with E-state index in [9.17, 15) is 0 Å². The van der Waals surface area contributed by atoms with Crippen molar-refractivity contribution >= 4 is 0 Å². The Morgan fingerprint density at radius 3 is 2.81 bits per heavy atom. The van der Waals surface area contributed by atoms with Gasteiger partial charge < -0.3 is 14.3 Å². The number of hydrogen-bond donors (Lipinski definition) is 1. The molecule has 1 aliphatic rings. The summed E-state index contributed by atoms with van der Waals surface area (Å²) in [5.74, 6) is 3.43. The summed E-state index contributed by atoms with van der Waals surface area (Å²) in [5.41, 5.74) is 3.48. The summed E-state index contributed by atoms with van der Waals surface area (Å²) in [6.07, 6.45) is 11.6. The second-order valence-corrected chi connectivity index (χ2v) is 9.00. The van der Waals surface area contributed by atoms with E-state index in [1.54, 1.807) is 12.5 Å². The fourth-order valence-electron chi connectivity index (χ4n) is 4.61. The van der Waals surface area contributed by atoms with E-state index in [2.05, 4.69) is 58.4 Å². The highest BCUT2D eigenvalue weighted by molar-refractivity contribution is 5.44. The lowest BCUT2D eigenvalue weighted by molar-refractivity contribution is 0.218. The number of allylic oxidation sites excluding steroid dienone is 1. The zero-order chi connectivity index (χ0) is 21.8. The molecule has 7 heteroatoms. The van der Waals surface area contributed by atoms with E-state index < -0.39 is 0 Å². The Kier molecular flexibility index (Phi) is 6.61. The first-order valence-corrected chi connectivity index (χ1v) is 11.1. The summed E-state index contributed by atoms with van der Waals surface area (Å²) in [6, 6.07) is 4.10. The molecule has 3 aromatic rings. The van der Waals surface area contributed by atoms with Crippen molar-refractivity contribution in [3.05, 3.63) is 60.2 Å². The number of nitrogens with one attached hydrogen (secondary N) is 1. The van der Waals surface area contributed by atoms with Crippen molar-refractivity contribution in [3.63, 3.8) is 0 Å². The average molecular weight is 421 g/mol. The molecule has 0 bridgehead atoms. The number of imidazole rings is 1. The maximum atomic E-state index is 5.97. The van der Waals surface area contributed by atoms with Crippen LogP contribution in [0, 0.1) is 23.7 Å². The molecule has 0 amide bonds. The highest BCUT2D eigenvalue weighted by Gasteiger charge is 2.32. The Labute approximate surface area is 184 Å². The maximum absolute atomic E-state index is 5.97. The van der Waals surface area contributed by atoms with Crippen molar-refractivity contribution in [1.82, 2.24) is 30.0 Å². The molecule has 0 fully saturated rings. The molecule has 4 rings (SSSR count). The van der Waals surface area contributed by atoms with Gasteiger partial charge in [-0.1, -0.05) is 31.6 Å². The summed E-state index contributed by atoms with van der Waals surface area (Å²) in [5, 5.41) is 12.2. The molecular weight excluding hydrogens is 388 g/mol. The smallest absolute Gasteiger partial charge is 0.265 e. The maximum Gasteiger partial charge on any atom is 0.265 e. The van der Waals surface area contributed by atoms with Gasteiger partial charge in [0.2, 0.25) is 5.89 Å². The highest BCUT2D eigenvalue weighted by atomic mass is 16.4. The number of hydrogen-bond acceptors (Lipinski definition) is 6. The van der Waals surface area contributed by atoms with Gasteiger partial charge in [0.25, 0.3) is 5.89 Å². The second kappa shape index (κ2) is 9.56. The fourth-order valence-corrected chi connectivity index (χ4v) is 4.61. The van der Waals surface area contributed by atoms with Crippen LogP contribution in [-0.4, -0.2) is 31.3 Å². The fraction of sp³-hybridized carbons (Fsp3) is 0.500. The lowest BCUT2D eigenvalue weighted by Gasteiger charge is -2.37. The quantitative estimate of drug-likeness (QED) is 0.554. The number of aromatic nitrogens is 5. The minimum atomic E-state index is 0.432. The highest BCUT2D eigenvalue weighted by Crippen LogP contribution is 2.38. The van der Waals surface area contributed by atoms with Crippen molar-refractivity contribution in [2.45, 2.75) is 40.2 Å². The predicted octanol–water partition coefficient (Wildman–Crippen LogP) is 4.05. The van der Waals surface area contributed by atoms with Crippen LogP contribution in [0.5, 0.6) is 0 Å². The van der Waals surface area contributed by atoms with E-state index in [1.807, 2.05) is 30.1 Å². The molecule has 3 atom stereocenters. The first kappa shape index (κ1) is 21.4. The van der Waals surface area contributed by atoms with E-state index in [-0.39, 0.29) is 0 Å². The van der Waals surface area contributed by atoms with Gasteiger partial charge in [-0.3, -0.25) is 4.98 Å². The molecule has 1 aliphatic carbocycles. The molecule has 0 aliphatic heterocycles. The van der Waals surface area contributed by atoms with Crippen LogP contribution in [0.15, 0.2) is 53.1 Å². The second-order valence-electron chi connectivity index (χ2n) is 9.00. The van der Waals surface area contributed by atoms with E-state index in [4.69, 9.17) is 4.42 Å². The number of nitrogens with zero attached hydrogens (tertiary/aromatic N) is 5. The molecular formula is C24H32N6O. The van der Waals surface area contributed by atoms with Crippen LogP contribution in [-0.2, 0) is 20.0 Å². The van der Waals surface area contributed by atoms with Gasteiger partial charge in [-0.2, -0.15) is 0 Å². The Hall–Kier alpha value is -2.80. The van der Waals surface area contributed by atoms with E-state index >= 15 is 0 Å². The largest absolute Gasteiger partial charge is 0.419 e. The normalized spacial score (nSPS) is 21.5. The topological polar surface area (TPSA) is 81.7 Å². The molecule has 31 heavy (non-hydrogen) atoms. The van der Waals surface area contributed by atoms with Gasteiger partial charge >= 0.3 is 0 Å². The van der Waals surface area contributed by atoms with Crippen LogP contribution >= 0.6 is 0 Å². The summed E-state index contributed by atoms with van der Waals surface area (Å²) in [4.78, 5) is 8.33. The molecule has 0 radical (unpaired) electrons. The SMILES string of the molecule is CC1=C[C@@H](CNCc2cccnc2)[C@H](C(C)C)C[C@H]1Cc1nnc(-c2cncn2C)o1. The molecule has 0 unspecified atom stereocenters. The summed E-state index contributed by atoms with van der Waals surface area (Å²) >= 11 is 0. The average Bonchev–Trinajstić information content (AvgIpc) is 3.39. The van der Waals surface area contributed by atoms with Crippen molar-refractivity contribution < 1.29 is 4.42 Å². The van der Waals surface area contributed by atoms with Crippen molar-refractivity contribution in [2.75, 3.05) is 6.54 Å². The van der Waals surface area contributed by atoms with Gasteiger partial charge in [0.1, 0.15) is 5.69 Å². The minimum absolute atomic E-state index is 0.432. The summed E-state index contributed by atoms with van der Waals surface area (Å²) in [7, 11) is 1.93. The van der Waals surface area contributed by atoms with Crippen molar-refractivity contribution in [2.24, 2.45) is 30.7 Å². The summed E-state index contributed by atoms with van der Waals surface area (Å²) in [6.45, 7) is 8.74. The number of rotatable bonds is 8. The first-order chi connectivity index (χ1) is 15.0. The number of aryl methyl sites for hydroxylation is 1. The molecule has 7 nitrogen and oxygen atoms in total. The van der Waals surface area contributed by atoms with Gasteiger partial charge in [0, 0.05) is 39.0 Å². The molecule has 0 spiro atoms. The van der Waals surface area contributed by atoms with Crippen LogP contribution in [0.2, 0.25) is 0 Å². The Balaban J connectivity index is 1.41. The standard InChI is InChI=1S/C24H32N6O/c1-16(2)21-9-19(10-23-28-29-24(31-23)22-14-27-15-30(22)4)17(3)8-20(21)13-26-12-18-6-5-7-25-11-18/h5-8,11,14-16,19-21,26H,9-10,12-13H2,1-4H3/t19-,20-,21-/m0/s1. The zero-order valence-electron chi connectivity index (χ0n) is 18.8. The van der Waals surface area contributed by atoms with Gasteiger partial charge in [-0.15, -0.1) is 10.2 Å². The molecule has 3 heterocycles. The third-order valence-electron chi connectivity index (χ3n) is 6.44. The number of pyridine rings is 1. The predicted molar refractivity (Wildman–Crippen MR) is 120 cm³/mol. The zero-order valence-corrected chi connectivity index (χ0v) is 18.8. The molecule has 0 aromatic carbocycles. The molecule has 0 saturated carbocycles. The molecule has 164 valence electrons. The van der Waals surface area contributed by atoms with Gasteiger partial charge in [0.05, 0.1) is 12.5 Å². The van der Waals surface area contributed by atoms with E-state index in [1.165, 1.54) is 11.1 Å². The Morgan fingerprint density at radius 1 is 1.23 bits per heavy atom.